The average Bonchev–Trinajstić information content (AvgIpc) is 2.90. The Hall–Kier alpha value is -0.980. The second kappa shape index (κ2) is 6.26. The number of carboxylic acid groups (broad SMARTS) is 1. The Morgan fingerprint density at radius 1 is 1.50 bits per heavy atom. The molecule has 0 aromatic carbocycles. The van der Waals surface area contributed by atoms with Gasteiger partial charge in [0.1, 0.15) is 5.01 Å². The Morgan fingerprint density at radius 2 is 2.22 bits per heavy atom. The van der Waals surface area contributed by atoms with E-state index in [2.05, 4.69) is 9.88 Å². The van der Waals surface area contributed by atoms with Crippen LogP contribution in [0.1, 0.15) is 28.4 Å². The number of thiazole rings is 1. The highest BCUT2D eigenvalue weighted by atomic mass is 32.1. The minimum atomic E-state index is -0.816. The van der Waals surface area contributed by atoms with Gasteiger partial charge in [0.05, 0.1) is 25.3 Å². The zero-order valence-corrected chi connectivity index (χ0v) is 11.3. The SMILES string of the molecule is COCc1nc(CN2CCCC2)sc1CC(=O)O. The van der Waals surface area contributed by atoms with E-state index in [4.69, 9.17) is 9.84 Å². The maximum atomic E-state index is 10.8. The van der Waals surface area contributed by atoms with Gasteiger partial charge in [0.15, 0.2) is 0 Å². The first-order chi connectivity index (χ1) is 8.69. The molecule has 0 spiro atoms. The van der Waals surface area contributed by atoms with Crippen molar-refractivity contribution in [2.75, 3.05) is 20.2 Å². The molecule has 2 heterocycles. The fourth-order valence-electron chi connectivity index (χ4n) is 2.16. The number of aromatic nitrogens is 1. The summed E-state index contributed by atoms with van der Waals surface area (Å²) in [5.41, 5.74) is 0.777. The number of rotatable bonds is 6. The molecule has 0 radical (unpaired) electrons. The van der Waals surface area contributed by atoms with Crippen LogP contribution in [0.15, 0.2) is 0 Å². The molecule has 0 bridgehead atoms. The molecule has 0 aliphatic carbocycles. The second-order valence-electron chi connectivity index (χ2n) is 4.46. The van der Waals surface area contributed by atoms with Gasteiger partial charge < -0.3 is 9.84 Å². The molecule has 18 heavy (non-hydrogen) atoms. The van der Waals surface area contributed by atoms with E-state index in [-0.39, 0.29) is 6.42 Å². The molecule has 1 aliphatic heterocycles. The molecule has 1 saturated heterocycles. The zero-order chi connectivity index (χ0) is 13.0. The third-order valence-electron chi connectivity index (χ3n) is 2.97. The van der Waals surface area contributed by atoms with Crippen molar-refractivity contribution in [3.05, 3.63) is 15.6 Å². The Labute approximate surface area is 110 Å². The summed E-state index contributed by atoms with van der Waals surface area (Å²) in [4.78, 5) is 18.5. The van der Waals surface area contributed by atoms with E-state index in [1.165, 1.54) is 24.2 Å². The summed E-state index contributed by atoms with van der Waals surface area (Å²) in [6, 6.07) is 0. The first kappa shape index (κ1) is 13.5. The number of ether oxygens (including phenoxy) is 1. The van der Waals surface area contributed by atoms with E-state index < -0.39 is 5.97 Å². The second-order valence-corrected chi connectivity index (χ2v) is 5.63. The Balaban J connectivity index is 2.07. The predicted molar refractivity (Wildman–Crippen MR) is 68.7 cm³/mol. The third-order valence-corrected chi connectivity index (χ3v) is 4.06. The van der Waals surface area contributed by atoms with Gasteiger partial charge in [0, 0.05) is 12.0 Å². The average molecular weight is 270 g/mol. The van der Waals surface area contributed by atoms with E-state index in [0.717, 1.165) is 35.2 Å². The lowest BCUT2D eigenvalue weighted by Crippen LogP contribution is -2.18. The van der Waals surface area contributed by atoms with Crippen molar-refractivity contribution in [1.82, 2.24) is 9.88 Å². The highest BCUT2D eigenvalue weighted by Gasteiger charge is 2.17. The molecule has 0 saturated carbocycles. The molecule has 1 aliphatic rings. The lowest BCUT2D eigenvalue weighted by molar-refractivity contribution is -0.136. The van der Waals surface area contributed by atoms with Gasteiger partial charge in [-0.15, -0.1) is 11.3 Å². The number of carboxylic acids is 1. The van der Waals surface area contributed by atoms with Gasteiger partial charge >= 0.3 is 5.97 Å². The highest BCUT2D eigenvalue weighted by Crippen LogP contribution is 2.23. The number of nitrogens with zero attached hydrogens (tertiary/aromatic N) is 2. The number of hydrogen-bond donors (Lipinski definition) is 1. The number of hydrogen-bond acceptors (Lipinski definition) is 5. The molecule has 1 fully saturated rings. The summed E-state index contributed by atoms with van der Waals surface area (Å²) in [6.07, 6.45) is 2.53. The van der Waals surface area contributed by atoms with E-state index >= 15 is 0 Å². The summed E-state index contributed by atoms with van der Waals surface area (Å²) < 4.78 is 5.07. The lowest BCUT2D eigenvalue weighted by atomic mass is 10.3. The van der Waals surface area contributed by atoms with Crippen molar-refractivity contribution >= 4 is 17.3 Å². The monoisotopic (exact) mass is 270 g/mol. The largest absolute Gasteiger partial charge is 0.481 e. The maximum Gasteiger partial charge on any atom is 0.308 e. The molecule has 0 amide bonds. The minimum Gasteiger partial charge on any atom is -0.481 e. The fourth-order valence-corrected chi connectivity index (χ4v) is 3.27. The summed E-state index contributed by atoms with van der Waals surface area (Å²) in [6.45, 7) is 3.46. The standard InChI is InChI=1S/C12H18N2O3S/c1-17-8-9-10(6-12(15)16)18-11(13-9)7-14-4-2-3-5-14/h2-8H2,1H3,(H,15,16). The van der Waals surface area contributed by atoms with Crippen molar-refractivity contribution in [2.24, 2.45) is 0 Å². The van der Waals surface area contributed by atoms with Crippen LogP contribution in [-0.2, 0) is 29.1 Å². The van der Waals surface area contributed by atoms with Gasteiger partial charge in [-0.05, 0) is 25.9 Å². The summed E-state index contributed by atoms with van der Waals surface area (Å²) in [7, 11) is 1.60. The van der Waals surface area contributed by atoms with Gasteiger partial charge in [0.25, 0.3) is 0 Å². The highest BCUT2D eigenvalue weighted by molar-refractivity contribution is 7.11. The number of aliphatic carboxylic acids is 1. The summed E-state index contributed by atoms with van der Waals surface area (Å²) in [5.74, 6) is -0.816. The van der Waals surface area contributed by atoms with Crippen LogP contribution in [0, 0.1) is 0 Å². The molecule has 1 aromatic heterocycles. The van der Waals surface area contributed by atoms with Crippen LogP contribution in [0.4, 0.5) is 0 Å². The van der Waals surface area contributed by atoms with Crippen molar-refractivity contribution in [2.45, 2.75) is 32.4 Å². The molecular formula is C12H18N2O3S. The van der Waals surface area contributed by atoms with Crippen molar-refractivity contribution in [3.63, 3.8) is 0 Å². The van der Waals surface area contributed by atoms with Gasteiger partial charge in [-0.2, -0.15) is 0 Å². The Kier molecular flexibility index (Phi) is 4.68. The fraction of sp³-hybridized carbons (Fsp3) is 0.667. The Morgan fingerprint density at radius 3 is 2.83 bits per heavy atom. The number of likely N-dealkylation sites (tertiary alicyclic amines) is 1. The van der Waals surface area contributed by atoms with Crippen LogP contribution in [0.3, 0.4) is 0 Å². The van der Waals surface area contributed by atoms with Gasteiger partial charge in [-0.25, -0.2) is 4.98 Å². The Bertz CT molecular complexity index is 413. The van der Waals surface area contributed by atoms with Crippen LogP contribution >= 0.6 is 11.3 Å². The summed E-state index contributed by atoms with van der Waals surface area (Å²) >= 11 is 1.50. The van der Waals surface area contributed by atoms with E-state index in [1.807, 2.05) is 0 Å². The number of methoxy groups -OCH3 is 1. The molecule has 6 heteroatoms. The van der Waals surface area contributed by atoms with Gasteiger partial charge in [0.2, 0.25) is 0 Å². The molecule has 0 unspecified atom stereocenters. The topological polar surface area (TPSA) is 62.7 Å². The van der Waals surface area contributed by atoms with E-state index in [1.54, 1.807) is 7.11 Å². The molecular weight excluding hydrogens is 252 g/mol. The molecule has 0 atom stereocenters. The van der Waals surface area contributed by atoms with Crippen LogP contribution < -0.4 is 0 Å². The normalized spacial score (nSPS) is 16.3. The first-order valence-electron chi connectivity index (χ1n) is 6.09. The molecule has 2 rings (SSSR count). The third kappa shape index (κ3) is 3.51. The van der Waals surface area contributed by atoms with E-state index in [9.17, 15) is 4.79 Å². The lowest BCUT2D eigenvalue weighted by Gasteiger charge is -2.11. The van der Waals surface area contributed by atoms with Gasteiger partial charge in [-0.3, -0.25) is 9.69 Å². The van der Waals surface area contributed by atoms with Crippen LogP contribution in [0.5, 0.6) is 0 Å². The molecule has 100 valence electrons. The van der Waals surface area contributed by atoms with Crippen LogP contribution in [0.25, 0.3) is 0 Å². The van der Waals surface area contributed by atoms with Crippen LogP contribution in [0.2, 0.25) is 0 Å². The number of carbonyl (C=O) groups is 1. The van der Waals surface area contributed by atoms with Crippen molar-refractivity contribution < 1.29 is 14.6 Å². The van der Waals surface area contributed by atoms with Crippen LogP contribution in [-0.4, -0.2) is 41.2 Å². The quantitative estimate of drug-likeness (QED) is 0.849. The minimum absolute atomic E-state index is 0.0381. The molecule has 1 aromatic rings. The van der Waals surface area contributed by atoms with Gasteiger partial charge in [-0.1, -0.05) is 0 Å². The smallest absolute Gasteiger partial charge is 0.308 e. The van der Waals surface area contributed by atoms with Crippen molar-refractivity contribution in [1.29, 1.82) is 0 Å². The van der Waals surface area contributed by atoms with E-state index in [0.29, 0.717) is 6.61 Å². The summed E-state index contributed by atoms with van der Waals surface area (Å²) in [5, 5.41) is 9.88. The first-order valence-corrected chi connectivity index (χ1v) is 6.91. The maximum absolute atomic E-state index is 10.8. The molecule has 5 nitrogen and oxygen atoms in total. The molecule has 1 N–H and O–H groups in total. The zero-order valence-electron chi connectivity index (χ0n) is 10.5. The van der Waals surface area contributed by atoms with Crippen molar-refractivity contribution in [3.8, 4) is 0 Å². The predicted octanol–water partition coefficient (Wildman–Crippen LogP) is 1.51.